The second-order valence-electron chi connectivity index (χ2n) is 6.46. The minimum absolute atomic E-state index is 0.127. The fourth-order valence-corrected chi connectivity index (χ4v) is 4.54. The number of carboxylic acids is 1. The van der Waals surface area contributed by atoms with E-state index in [0.717, 1.165) is 15.4 Å². The number of hydrogen-bond donors (Lipinski definition) is 2. The van der Waals surface area contributed by atoms with E-state index >= 15 is 0 Å². The topological polar surface area (TPSA) is 71.5 Å². The predicted molar refractivity (Wildman–Crippen MR) is 122 cm³/mol. The molecule has 5 nitrogen and oxygen atoms in total. The Bertz CT molecular complexity index is 1230. The Morgan fingerprint density at radius 1 is 1.13 bits per heavy atom. The first-order valence-electron chi connectivity index (χ1n) is 9.20. The highest BCUT2D eigenvalue weighted by Gasteiger charge is 2.13. The number of carbonyl (C=O) groups is 1. The van der Waals surface area contributed by atoms with Gasteiger partial charge in [0, 0.05) is 22.2 Å². The number of anilines is 1. The summed E-state index contributed by atoms with van der Waals surface area (Å²) in [5.74, 6) is -0.987. The highest BCUT2D eigenvalue weighted by Crippen LogP contribution is 2.36. The van der Waals surface area contributed by atoms with Crippen LogP contribution in [0.4, 0.5) is 10.1 Å². The Labute approximate surface area is 186 Å². The van der Waals surface area contributed by atoms with E-state index < -0.39 is 5.97 Å². The van der Waals surface area contributed by atoms with Crippen molar-refractivity contribution in [3.63, 3.8) is 0 Å². The number of nitrogens with one attached hydrogen (secondary N) is 1. The average Bonchev–Trinajstić information content (AvgIpc) is 3.28. The van der Waals surface area contributed by atoms with E-state index in [9.17, 15) is 9.18 Å². The second-order valence-corrected chi connectivity index (χ2v) is 8.37. The fourth-order valence-electron chi connectivity index (χ4n) is 2.89. The van der Waals surface area contributed by atoms with Crippen LogP contribution in [0.25, 0.3) is 21.0 Å². The highest BCUT2D eigenvalue weighted by molar-refractivity contribution is 8.00. The van der Waals surface area contributed by atoms with E-state index in [2.05, 4.69) is 9.71 Å². The van der Waals surface area contributed by atoms with E-state index in [-0.39, 0.29) is 11.4 Å². The number of thiazole rings is 1. The molecule has 8 heteroatoms. The van der Waals surface area contributed by atoms with Gasteiger partial charge in [0.05, 0.1) is 23.2 Å². The SMILES string of the molecule is COc1cc(C(=O)O)ccc1NSc1ccc(-c2cnc(-c3ccccc3)s2)c(F)c1. The molecule has 0 aliphatic rings. The number of aromatic nitrogens is 1. The monoisotopic (exact) mass is 452 g/mol. The lowest BCUT2D eigenvalue weighted by Crippen LogP contribution is -1.99. The van der Waals surface area contributed by atoms with Crippen LogP contribution < -0.4 is 9.46 Å². The Balaban J connectivity index is 1.50. The molecule has 0 radical (unpaired) electrons. The van der Waals surface area contributed by atoms with E-state index in [1.807, 2.05) is 36.4 Å². The van der Waals surface area contributed by atoms with E-state index in [1.165, 1.54) is 48.6 Å². The zero-order chi connectivity index (χ0) is 21.8. The van der Waals surface area contributed by atoms with Crippen molar-refractivity contribution in [3.05, 3.63) is 84.3 Å². The van der Waals surface area contributed by atoms with Gasteiger partial charge < -0.3 is 14.6 Å². The molecule has 156 valence electrons. The summed E-state index contributed by atoms with van der Waals surface area (Å²) in [6.07, 6.45) is 1.69. The smallest absolute Gasteiger partial charge is 0.335 e. The van der Waals surface area contributed by atoms with Crippen LogP contribution >= 0.6 is 23.3 Å². The summed E-state index contributed by atoms with van der Waals surface area (Å²) >= 11 is 2.65. The van der Waals surface area contributed by atoms with Gasteiger partial charge in [-0.05, 0) is 48.3 Å². The number of hydrogen-bond acceptors (Lipinski definition) is 6. The normalized spacial score (nSPS) is 10.6. The molecule has 0 fully saturated rings. The molecule has 1 aromatic heterocycles. The first-order chi connectivity index (χ1) is 15.0. The minimum Gasteiger partial charge on any atom is -0.495 e. The summed E-state index contributed by atoms with van der Waals surface area (Å²) in [4.78, 5) is 16.9. The molecule has 4 aromatic rings. The summed E-state index contributed by atoms with van der Waals surface area (Å²) in [5.41, 5.74) is 2.21. The van der Waals surface area contributed by atoms with Gasteiger partial charge in [-0.2, -0.15) is 0 Å². The molecule has 4 rings (SSSR count). The van der Waals surface area contributed by atoms with E-state index in [1.54, 1.807) is 18.3 Å². The van der Waals surface area contributed by atoms with Crippen LogP contribution in [0, 0.1) is 5.82 Å². The maximum atomic E-state index is 14.8. The third-order valence-electron chi connectivity index (χ3n) is 4.46. The first kappa shape index (κ1) is 20.9. The van der Waals surface area contributed by atoms with Gasteiger partial charge in [-0.1, -0.05) is 30.3 Å². The molecule has 0 unspecified atom stereocenters. The molecule has 0 atom stereocenters. The standard InChI is InChI=1S/C23H17FN2O3S2/c1-29-20-11-15(23(27)28)7-10-19(20)26-31-16-8-9-17(18(24)12-16)21-13-25-22(30-21)14-5-3-2-4-6-14/h2-13,26H,1H3,(H,27,28). The third-order valence-corrected chi connectivity index (χ3v) is 6.35. The molecule has 1 heterocycles. The van der Waals surface area contributed by atoms with Crippen LogP contribution in [0.2, 0.25) is 0 Å². The molecule has 3 aromatic carbocycles. The van der Waals surface area contributed by atoms with Crippen LogP contribution in [-0.2, 0) is 0 Å². The maximum Gasteiger partial charge on any atom is 0.335 e. The zero-order valence-corrected chi connectivity index (χ0v) is 18.0. The molecule has 0 spiro atoms. The van der Waals surface area contributed by atoms with Crippen molar-refractivity contribution in [2.75, 3.05) is 11.8 Å². The Hall–Kier alpha value is -3.36. The van der Waals surface area contributed by atoms with Crippen LogP contribution in [0.15, 0.2) is 77.8 Å². The van der Waals surface area contributed by atoms with Crippen molar-refractivity contribution in [1.82, 2.24) is 4.98 Å². The van der Waals surface area contributed by atoms with Crippen molar-refractivity contribution in [3.8, 4) is 26.8 Å². The van der Waals surface area contributed by atoms with Crippen molar-refractivity contribution < 1.29 is 19.0 Å². The molecule has 0 bridgehead atoms. The number of rotatable bonds is 7. The van der Waals surface area contributed by atoms with Crippen LogP contribution in [0.3, 0.4) is 0 Å². The lowest BCUT2D eigenvalue weighted by atomic mass is 10.2. The Morgan fingerprint density at radius 3 is 2.65 bits per heavy atom. The summed E-state index contributed by atoms with van der Waals surface area (Å²) < 4.78 is 23.1. The number of nitrogens with zero attached hydrogens (tertiary/aromatic N) is 1. The van der Waals surface area contributed by atoms with E-state index in [4.69, 9.17) is 9.84 Å². The van der Waals surface area contributed by atoms with E-state index in [0.29, 0.717) is 21.9 Å². The molecular weight excluding hydrogens is 435 g/mol. The largest absolute Gasteiger partial charge is 0.495 e. The third kappa shape index (κ3) is 4.70. The van der Waals surface area contributed by atoms with Gasteiger partial charge in [-0.15, -0.1) is 11.3 Å². The number of methoxy groups -OCH3 is 1. The molecule has 2 N–H and O–H groups in total. The van der Waals surface area contributed by atoms with Crippen molar-refractivity contribution in [2.45, 2.75) is 4.90 Å². The van der Waals surface area contributed by atoms with Crippen LogP contribution in [0.5, 0.6) is 5.75 Å². The maximum absolute atomic E-state index is 14.8. The Kier molecular flexibility index (Phi) is 6.20. The predicted octanol–water partition coefficient (Wildman–Crippen LogP) is 6.44. The highest BCUT2D eigenvalue weighted by atomic mass is 32.2. The summed E-state index contributed by atoms with van der Waals surface area (Å²) in [6, 6.07) is 19.3. The number of benzene rings is 3. The lowest BCUT2D eigenvalue weighted by molar-refractivity contribution is 0.0696. The number of aromatic carboxylic acids is 1. The minimum atomic E-state index is -1.03. The Morgan fingerprint density at radius 2 is 1.94 bits per heavy atom. The van der Waals surface area contributed by atoms with Crippen LogP contribution in [0.1, 0.15) is 10.4 Å². The average molecular weight is 453 g/mol. The lowest BCUT2D eigenvalue weighted by Gasteiger charge is -2.11. The van der Waals surface area contributed by atoms with Crippen molar-refractivity contribution in [1.29, 1.82) is 0 Å². The number of carboxylic acid groups (broad SMARTS) is 1. The zero-order valence-electron chi connectivity index (χ0n) is 16.3. The molecule has 0 saturated heterocycles. The molecule has 0 aliphatic carbocycles. The number of ether oxygens (including phenoxy) is 1. The van der Waals surface area contributed by atoms with Gasteiger partial charge in [-0.3, -0.25) is 0 Å². The number of halogens is 1. The quantitative estimate of drug-likeness (QED) is 0.314. The van der Waals surface area contributed by atoms with Gasteiger partial charge >= 0.3 is 5.97 Å². The van der Waals surface area contributed by atoms with Gasteiger partial charge in [0.1, 0.15) is 16.6 Å². The van der Waals surface area contributed by atoms with Crippen molar-refractivity contribution in [2.24, 2.45) is 0 Å². The fraction of sp³-hybridized carbons (Fsp3) is 0.0435. The molecule has 0 aliphatic heterocycles. The van der Waals surface area contributed by atoms with Crippen LogP contribution in [-0.4, -0.2) is 23.2 Å². The molecule has 0 amide bonds. The summed E-state index contributed by atoms with van der Waals surface area (Å²) in [5, 5.41) is 9.93. The van der Waals surface area contributed by atoms with Crippen molar-refractivity contribution >= 4 is 34.9 Å². The molecule has 0 saturated carbocycles. The second kappa shape index (κ2) is 9.20. The van der Waals surface area contributed by atoms with Gasteiger partial charge in [-0.25, -0.2) is 14.2 Å². The first-order valence-corrected chi connectivity index (χ1v) is 10.8. The molecule has 31 heavy (non-hydrogen) atoms. The molecular formula is C23H17FN2O3S2. The van der Waals surface area contributed by atoms with Gasteiger partial charge in [0.2, 0.25) is 0 Å². The van der Waals surface area contributed by atoms with Gasteiger partial charge in [0.25, 0.3) is 0 Å². The summed E-state index contributed by atoms with van der Waals surface area (Å²) in [6.45, 7) is 0. The summed E-state index contributed by atoms with van der Waals surface area (Å²) in [7, 11) is 1.46. The van der Waals surface area contributed by atoms with Gasteiger partial charge in [0.15, 0.2) is 0 Å².